The zero-order valence-corrected chi connectivity index (χ0v) is 12.6. The van der Waals surface area contributed by atoms with Crippen molar-refractivity contribution in [3.8, 4) is 0 Å². The van der Waals surface area contributed by atoms with Gasteiger partial charge in [0.05, 0.1) is 0 Å². The van der Waals surface area contributed by atoms with Crippen LogP contribution in [-0.2, 0) is 0 Å². The molecule has 0 aromatic carbocycles. The molecule has 0 heterocycles. The second kappa shape index (κ2) is 9.25. The van der Waals surface area contributed by atoms with E-state index in [0.717, 1.165) is 25.8 Å². The van der Waals surface area contributed by atoms with Crippen LogP contribution in [0.15, 0.2) is 0 Å². The highest BCUT2D eigenvalue weighted by Gasteiger charge is 2.35. The Balaban J connectivity index is 4.84. The Hall–Kier alpha value is 0.195. The summed E-state index contributed by atoms with van der Waals surface area (Å²) in [7, 11) is 0. The summed E-state index contributed by atoms with van der Waals surface area (Å²) in [4.78, 5) is 0. The first-order valence-corrected chi connectivity index (χ1v) is 7.69. The molecule has 0 aliphatic carbocycles. The molecule has 0 amide bonds. The average molecular weight is 220 g/mol. The zero-order valence-electron chi connectivity index (χ0n) is 12.6. The van der Waals surface area contributed by atoms with Gasteiger partial charge in [-0.2, -0.15) is 0 Å². The molecular weight excluding hydrogens is 189 g/mol. The minimum Gasteiger partial charge on any atom is -0.104 e. The van der Waals surface area contributed by atoms with E-state index in [1.807, 2.05) is 0 Å². The van der Waals surface area contributed by atoms with E-state index in [9.17, 15) is 0 Å². The monoisotopic (exact) mass is 220 g/mol. The van der Waals surface area contributed by atoms with E-state index < -0.39 is 0 Å². The molecule has 0 aliphatic rings. The molecule has 0 aromatic heterocycles. The highest BCUT2D eigenvalue weighted by Crippen LogP contribution is 2.31. The van der Waals surface area contributed by atoms with Gasteiger partial charge in [-0.3, -0.25) is 0 Å². The van der Waals surface area contributed by atoms with Gasteiger partial charge in [0.15, 0.2) is 0 Å². The molecule has 0 saturated carbocycles. The molecule has 92 valence electrons. The molecule has 0 bridgehead atoms. The Morgan fingerprint density at radius 1 is 0.500 bits per heavy atom. The van der Waals surface area contributed by atoms with E-state index in [1.165, 1.54) is 37.9 Å². The van der Waals surface area contributed by atoms with Crippen LogP contribution in [0.5, 0.6) is 0 Å². The minimum absolute atomic E-state index is 0.954. The van der Waals surface area contributed by atoms with Gasteiger partial charge in [-0.1, -0.05) is 79.5 Å². The highest BCUT2D eigenvalue weighted by atomic mass is 13.9. The summed E-state index contributed by atoms with van der Waals surface area (Å²) < 4.78 is 0. The molecule has 0 spiro atoms. The van der Waals surface area contributed by atoms with Crippen LogP contribution < -0.4 is 0 Å². The normalized spacial score (nSPS) is 10.7. The SMILES string of the molecule is CCB(CC)C(B(CC)CC)B(CC)CC. The van der Waals surface area contributed by atoms with Crippen molar-refractivity contribution in [2.75, 3.05) is 0 Å². The van der Waals surface area contributed by atoms with E-state index in [1.54, 1.807) is 0 Å². The van der Waals surface area contributed by atoms with Gasteiger partial charge in [0.25, 0.3) is 0 Å². The molecule has 0 N–H and O–H groups in total. The first-order chi connectivity index (χ1) is 7.69. The van der Waals surface area contributed by atoms with Crippen molar-refractivity contribution in [1.29, 1.82) is 0 Å². The lowest BCUT2D eigenvalue weighted by Crippen LogP contribution is -2.41. The molecule has 3 heteroatoms. The number of hydrogen-bond acceptors (Lipinski definition) is 0. The predicted molar refractivity (Wildman–Crippen MR) is 83.9 cm³/mol. The summed E-state index contributed by atoms with van der Waals surface area (Å²) in [5, 5.41) is 0. The average Bonchev–Trinajstić information content (AvgIpc) is 2.33. The maximum atomic E-state index is 2.38. The van der Waals surface area contributed by atoms with Crippen LogP contribution in [0.25, 0.3) is 0 Å². The maximum absolute atomic E-state index is 2.38. The lowest BCUT2D eigenvalue weighted by atomic mass is 9.04. The molecule has 0 nitrogen and oxygen atoms in total. The Morgan fingerprint density at radius 2 is 0.688 bits per heavy atom. The fourth-order valence-electron chi connectivity index (χ4n) is 3.65. The van der Waals surface area contributed by atoms with E-state index in [2.05, 4.69) is 41.5 Å². The van der Waals surface area contributed by atoms with E-state index >= 15 is 0 Å². The Morgan fingerprint density at radius 3 is 0.812 bits per heavy atom. The summed E-state index contributed by atoms with van der Waals surface area (Å²) in [6.07, 6.45) is 8.22. The first kappa shape index (κ1) is 16.2. The van der Waals surface area contributed by atoms with Crippen molar-refractivity contribution in [3.05, 3.63) is 0 Å². The Labute approximate surface area is 106 Å². The fraction of sp³-hybridized carbons (Fsp3) is 1.00. The molecule has 0 unspecified atom stereocenters. The van der Waals surface area contributed by atoms with Gasteiger partial charge >= 0.3 is 0 Å². The van der Waals surface area contributed by atoms with Crippen LogP contribution in [-0.4, -0.2) is 20.1 Å². The summed E-state index contributed by atoms with van der Waals surface area (Å²) >= 11 is 0. The molecule has 16 heavy (non-hydrogen) atoms. The van der Waals surface area contributed by atoms with E-state index in [4.69, 9.17) is 0 Å². The lowest BCUT2D eigenvalue weighted by molar-refractivity contribution is 1.17. The van der Waals surface area contributed by atoms with Gasteiger partial charge in [-0.25, -0.2) is 0 Å². The predicted octanol–water partition coefficient (Wildman–Crippen LogP) is 5.04. The summed E-state index contributed by atoms with van der Waals surface area (Å²) in [6.45, 7) is 17.1. The Bertz CT molecular complexity index is 121. The van der Waals surface area contributed by atoms with Gasteiger partial charge < -0.3 is 0 Å². The van der Waals surface area contributed by atoms with Crippen LogP contribution >= 0.6 is 0 Å². The van der Waals surface area contributed by atoms with Crippen molar-refractivity contribution >= 4 is 20.1 Å². The third kappa shape index (κ3) is 4.22. The van der Waals surface area contributed by atoms with Crippen molar-refractivity contribution in [3.63, 3.8) is 0 Å². The third-order valence-corrected chi connectivity index (χ3v) is 4.78. The van der Waals surface area contributed by atoms with Crippen molar-refractivity contribution in [1.82, 2.24) is 0 Å². The van der Waals surface area contributed by atoms with Crippen LogP contribution in [0.1, 0.15) is 41.5 Å². The smallest absolute Gasteiger partial charge is 0.104 e. The quantitative estimate of drug-likeness (QED) is 0.477. The van der Waals surface area contributed by atoms with Gasteiger partial charge in [-0.05, 0) is 0 Å². The standard InChI is InChI=1S/C13H31B3/c1-7-14(8-2)13(15(9-3)10-4)16(11-5)12-6/h13H,7-12H2,1-6H3. The summed E-state index contributed by atoms with van der Waals surface area (Å²) in [6, 6.07) is 0. The summed E-state index contributed by atoms with van der Waals surface area (Å²) in [5.41, 5.74) is 0.972. The number of hydrogen-bond donors (Lipinski definition) is 0. The van der Waals surface area contributed by atoms with Crippen molar-refractivity contribution in [2.45, 2.75) is 85.1 Å². The summed E-state index contributed by atoms with van der Waals surface area (Å²) in [5.74, 6) is 0. The molecule has 0 atom stereocenters. The van der Waals surface area contributed by atoms with Gasteiger partial charge in [0.2, 0.25) is 0 Å². The molecule has 0 saturated heterocycles. The second-order valence-electron chi connectivity index (χ2n) is 5.31. The molecular formula is C13H31B3. The van der Waals surface area contributed by atoms with Crippen LogP contribution in [0.2, 0.25) is 43.5 Å². The second-order valence-corrected chi connectivity index (χ2v) is 5.31. The van der Waals surface area contributed by atoms with Crippen molar-refractivity contribution in [2.24, 2.45) is 0 Å². The molecule has 0 radical (unpaired) electrons. The maximum Gasteiger partial charge on any atom is 0.127 e. The highest BCUT2D eigenvalue weighted by molar-refractivity contribution is 6.96. The molecule has 0 fully saturated rings. The largest absolute Gasteiger partial charge is 0.127 e. The van der Waals surface area contributed by atoms with Gasteiger partial charge in [0, 0.05) is 0 Å². The number of rotatable bonds is 9. The van der Waals surface area contributed by atoms with E-state index in [-0.39, 0.29) is 0 Å². The van der Waals surface area contributed by atoms with E-state index in [0.29, 0.717) is 0 Å². The van der Waals surface area contributed by atoms with Gasteiger partial charge in [-0.15, -0.1) is 5.62 Å². The molecule has 0 aliphatic heterocycles. The third-order valence-electron chi connectivity index (χ3n) is 4.78. The molecule has 0 rings (SSSR count). The Kier molecular flexibility index (Phi) is 9.36. The van der Waals surface area contributed by atoms with Crippen molar-refractivity contribution < 1.29 is 0 Å². The van der Waals surface area contributed by atoms with Crippen LogP contribution in [0.3, 0.4) is 0 Å². The van der Waals surface area contributed by atoms with Gasteiger partial charge in [0.1, 0.15) is 20.1 Å². The van der Waals surface area contributed by atoms with Crippen LogP contribution in [0, 0.1) is 0 Å². The zero-order chi connectivity index (χ0) is 12.6. The first-order valence-electron chi connectivity index (χ1n) is 7.69. The lowest BCUT2D eigenvalue weighted by Gasteiger charge is -2.33. The fourth-order valence-corrected chi connectivity index (χ4v) is 3.65. The molecule has 0 aromatic rings. The van der Waals surface area contributed by atoms with Crippen LogP contribution in [0.4, 0.5) is 0 Å². The topological polar surface area (TPSA) is 0 Å². The minimum atomic E-state index is 0.954.